The number of aliphatic hydroxyl groups excluding tert-OH is 1. The smallest absolute Gasteiger partial charge is 0.126 e. The van der Waals surface area contributed by atoms with E-state index in [9.17, 15) is 18.3 Å². The van der Waals surface area contributed by atoms with Crippen molar-refractivity contribution in [3.05, 3.63) is 69.4 Å². The molecule has 0 saturated heterocycles. The summed E-state index contributed by atoms with van der Waals surface area (Å²) >= 11 is 3.20. The Balaban J connectivity index is 2.25. The fraction of sp³-hybridized carbons (Fsp3) is 0.143. The second-order valence-corrected chi connectivity index (χ2v) is 5.07. The quantitative estimate of drug-likeness (QED) is 0.896. The Hall–Kier alpha value is -1.33. The van der Waals surface area contributed by atoms with E-state index < -0.39 is 23.6 Å². The van der Waals surface area contributed by atoms with Crippen LogP contribution in [0.4, 0.5) is 13.2 Å². The molecule has 0 aliphatic carbocycles. The number of aliphatic hydroxyl groups is 1. The zero-order valence-corrected chi connectivity index (χ0v) is 11.3. The molecule has 0 bridgehead atoms. The van der Waals surface area contributed by atoms with Crippen LogP contribution < -0.4 is 0 Å². The third-order valence-corrected chi connectivity index (χ3v) is 3.18. The summed E-state index contributed by atoms with van der Waals surface area (Å²) in [5.74, 6) is -2.02. The van der Waals surface area contributed by atoms with Gasteiger partial charge in [0.25, 0.3) is 0 Å². The third-order valence-electron chi connectivity index (χ3n) is 2.69. The van der Waals surface area contributed by atoms with E-state index >= 15 is 0 Å². The second-order valence-electron chi connectivity index (χ2n) is 4.16. The van der Waals surface area contributed by atoms with Crippen molar-refractivity contribution in [1.29, 1.82) is 0 Å². The predicted molar refractivity (Wildman–Crippen MR) is 69.1 cm³/mol. The Morgan fingerprint density at radius 3 is 2.26 bits per heavy atom. The van der Waals surface area contributed by atoms with Gasteiger partial charge in [-0.2, -0.15) is 0 Å². The number of hydrogen-bond acceptors (Lipinski definition) is 1. The van der Waals surface area contributed by atoms with Gasteiger partial charge in [0.1, 0.15) is 17.5 Å². The van der Waals surface area contributed by atoms with E-state index in [-0.39, 0.29) is 17.5 Å². The Morgan fingerprint density at radius 2 is 1.63 bits per heavy atom. The summed E-state index contributed by atoms with van der Waals surface area (Å²) in [4.78, 5) is 0. The lowest BCUT2D eigenvalue weighted by molar-refractivity contribution is 0.176. The highest BCUT2D eigenvalue weighted by Crippen LogP contribution is 2.24. The van der Waals surface area contributed by atoms with E-state index in [4.69, 9.17) is 0 Å². The zero-order chi connectivity index (χ0) is 14.0. The minimum Gasteiger partial charge on any atom is -0.388 e. The number of benzene rings is 2. The molecule has 2 aromatic rings. The van der Waals surface area contributed by atoms with E-state index in [0.717, 1.165) is 18.2 Å². The average molecular weight is 331 g/mol. The highest BCUT2D eigenvalue weighted by molar-refractivity contribution is 9.10. The minimum absolute atomic E-state index is 0.0613. The molecule has 0 amide bonds. The monoisotopic (exact) mass is 330 g/mol. The predicted octanol–water partition coefficient (Wildman–Crippen LogP) is 4.14. The number of hydrogen-bond donors (Lipinski definition) is 1. The molecule has 0 aromatic heterocycles. The average Bonchev–Trinajstić information content (AvgIpc) is 2.32. The maximum atomic E-state index is 13.5. The number of rotatable bonds is 3. The molecule has 1 nitrogen and oxygen atoms in total. The van der Waals surface area contributed by atoms with Gasteiger partial charge in [-0.3, -0.25) is 0 Å². The molecule has 0 spiro atoms. The standard InChI is InChI=1S/C14H10BrF3O/c15-10-1-2-13(18)8(3-10)6-14(19)9-4-11(16)7-12(17)5-9/h1-5,7,14,19H,6H2. The first-order valence-corrected chi connectivity index (χ1v) is 6.33. The summed E-state index contributed by atoms with van der Waals surface area (Å²) in [6.07, 6.45) is -1.23. The maximum Gasteiger partial charge on any atom is 0.126 e. The van der Waals surface area contributed by atoms with Crippen LogP contribution in [0.25, 0.3) is 0 Å². The van der Waals surface area contributed by atoms with Crippen molar-refractivity contribution in [2.75, 3.05) is 0 Å². The largest absolute Gasteiger partial charge is 0.388 e. The van der Waals surface area contributed by atoms with Crippen molar-refractivity contribution in [1.82, 2.24) is 0 Å². The summed E-state index contributed by atoms with van der Waals surface area (Å²) in [6, 6.07) is 7.10. The van der Waals surface area contributed by atoms with E-state index in [1.807, 2.05) is 0 Å². The first-order chi connectivity index (χ1) is 8.95. The molecule has 100 valence electrons. The van der Waals surface area contributed by atoms with E-state index in [0.29, 0.717) is 4.47 Å². The van der Waals surface area contributed by atoms with E-state index in [1.54, 1.807) is 0 Å². The molecule has 1 unspecified atom stereocenters. The maximum absolute atomic E-state index is 13.5. The summed E-state index contributed by atoms with van der Waals surface area (Å²) in [5.41, 5.74) is 0.350. The van der Waals surface area contributed by atoms with Gasteiger partial charge in [0.05, 0.1) is 6.10 Å². The van der Waals surface area contributed by atoms with Crippen LogP contribution >= 0.6 is 15.9 Å². The SMILES string of the molecule is OC(Cc1cc(Br)ccc1F)c1cc(F)cc(F)c1. The first-order valence-electron chi connectivity index (χ1n) is 5.53. The van der Waals surface area contributed by atoms with Crippen LogP contribution in [0.15, 0.2) is 40.9 Å². The van der Waals surface area contributed by atoms with Crippen molar-refractivity contribution in [3.63, 3.8) is 0 Å². The van der Waals surface area contributed by atoms with Crippen LogP contribution in [0.3, 0.4) is 0 Å². The molecule has 0 saturated carbocycles. The van der Waals surface area contributed by atoms with Gasteiger partial charge in [0, 0.05) is 17.0 Å². The highest BCUT2D eigenvalue weighted by Gasteiger charge is 2.14. The fourth-order valence-corrected chi connectivity index (χ4v) is 2.20. The molecule has 0 radical (unpaired) electrons. The van der Waals surface area contributed by atoms with Gasteiger partial charge in [-0.05, 0) is 41.5 Å². The van der Waals surface area contributed by atoms with Crippen molar-refractivity contribution < 1.29 is 18.3 Å². The van der Waals surface area contributed by atoms with Crippen LogP contribution in [0.2, 0.25) is 0 Å². The summed E-state index contributed by atoms with van der Waals surface area (Å²) < 4.78 is 40.3. The molecular weight excluding hydrogens is 321 g/mol. The number of halogens is 4. The summed E-state index contributed by atoms with van der Waals surface area (Å²) in [7, 11) is 0. The third kappa shape index (κ3) is 3.58. The van der Waals surface area contributed by atoms with Gasteiger partial charge in [0.15, 0.2) is 0 Å². The summed E-state index contributed by atoms with van der Waals surface area (Å²) in [5, 5.41) is 9.92. The minimum atomic E-state index is -1.17. The Kier molecular flexibility index (Phi) is 4.27. The van der Waals surface area contributed by atoms with Gasteiger partial charge in [0.2, 0.25) is 0 Å². The zero-order valence-electron chi connectivity index (χ0n) is 9.71. The molecular formula is C14H10BrF3O. The van der Waals surface area contributed by atoms with Crippen LogP contribution in [0, 0.1) is 17.5 Å². The molecule has 1 atom stereocenters. The first kappa shape index (κ1) is 14.1. The van der Waals surface area contributed by atoms with E-state index in [1.165, 1.54) is 18.2 Å². The highest BCUT2D eigenvalue weighted by atomic mass is 79.9. The van der Waals surface area contributed by atoms with Crippen molar-refractivity contribution in [2.24, 2.45) is 0 Å². The van der Waals surface area contributed by atoms with E-state index in [2.05, 4.69) is 15.9 Å². The van der Waals surface area contributed by atoms with Gasteiger partial charge in [-0.1, -0.05) is 15.9 Å². The van der Waals surface area contributed by atoms with Gasteiger partial charge < -0.3 is 5.11 Å². The normalized spacial score (nSPS) is 12.5. The van der Waals surface area contributed by atoms with Crippen LogP contribution in [0.1, 0.15) is 17.2 Å². The molecule has 0 fully saturated rings. The van der Waals surface area contributed by atoms with Crippen molar-refractivity contribution >= 4 is 15.9 Å². The molecule has 0 aliphatic heterocycles. The molecule has 2 rings (SSSR count). The molecule has 5 heteroatoms. The Morgan fingerprint density at radius 1 is 1.00 bits per heavy atom. The fourth-order valence-electron chi connectivity index (χ4n) is 1.79. The molecule has 0 heterocycles. The lowest BCUT2D eigenvalue weighted by Crippen LogP contribution is -2.04. The van der Waals surface area contributed by atoms with Crippen LogP contribution in [-0.4, -0.2) is 5.11 Å². The molecule has 0 aliphatic rings. The van der Waals surface area contributed by atoms with Gasteiger partial charge >= 0.3 is 0 Å². The Labute approximate surface area is 116 Å². The van der Waals surface area contributed by atoms with Crippen molar-refractivity contribution in [3.8, 4) is 0 Å². The van der Waals surface area contributed by atoms with Crippen LogP contribution in [0.5, 0.6) is 0 Å². The molecule has 1 N–H and O–H groups in total. The molecule has 2 aromatic carbocycles. The lowest BCUT2D eigenvalue weighted by Gasteiger charge is -2.12. The molecule has 19 heavy (non-hydrogen) atoms. The van der Waals surface area contributed by atoms with Crippen LogP contribution in [-0.2, 0) is 6.42 Å². The topological polar surface area (TPSA) is 20.2 Å². The second kappa shape index (κ2) is 5.75. The van der Waals surface area contributed by atoms with Gasteiger partial charge in [-0.15, -0.1) is 0 Å². The Bertz CT molecular complexity index is 581. The lowest BCUT2D eigenvalue weighted by atomic mass is 10.0. The summed E-state index contributed by atoms with van der Waals surface area (Å²) in [6.45, 7) is 0. The van der Waals surface area contributed by atoms with Crippen molar-refractivity contribution in [2.45, 2.75) is 12.5 Å². The van der Waals surface area contributed by atoms with Gasteiger partial charge in [-0.25, -0.2) is 13.2 Å².